The minimum Gasteiger partial charge on any atom is -0.308 e. The van der Waals surface area contributed by atoms with Crippen molar-refractivity contribution < 1.29 is 0 Å². The normalized spacial score (nSPS) is 15.2. The molecule has 0 fully saturated rings. The van der Waals surface area contributed by atoms with Crippen molar-refractivity contribution in [1.82, 2.24) is 4.90 Å². The van der Waals surface area contributed by atoms with Crippen LogP contribution in [0.2, 0.25) is 0 Å². The van der Waals surface area contributed by atoms with E-state index in [2.05, 4.69) is 9.89 Å². The molecule has 0 N–H and O–H groups in total. The highest BCUT2D eigenvalue weighted by molar-refractivity contribution is 6.48. The van der Waals surface area contributed by atoms with E-state index in [1.54, 1.807) is 0 Å². The lowest BCUT2D eigenvalue weighted by Gasteiger charge is -2.05. The van der Waals surface area contributed by atoms with Crippen molar-refractivity contribution in [2.75, 3.05) is 27.2 Å². The molecule has 4 heteroatoms. The number of halogens is 1. The second kappa shape index (κ2) is 5.89. The Kier molecular flexibility index (Phi) is 5.97. The summed E-state index contributed by atoms with van der Waals surface area (Å²) < 4.78 is 0. The minimum absolute atomic E-state index is 0.196. The zero-order valence-electron chi connectivity index (χ0n) is 6.84. The van der Waals surface area contributed by atoms with E-state index in [9.17, 15) is 0 Å². The molecule has 0 bridgehead atoms. The van der Waals surface area contributed by atoms with E-state index in [4.69, 9.17) is 11.6 Å². The van der Waals surface area contributed by atoms with Gasteiger partial charge in [-0.05, 0) is 14.1 Å². The molecule has 0 saturated carbocycles. The zero-order valence-corrected chi connectivity index (χ0v) is 9.60. The van der Waals surface area contributed by atoms with Crippen molar-refractivity contribution in [3.8, 4) is 0 Å². The Morgan fingerprint density at radius 2 is 2.30 bits per heavy atom. The maximum atomic E-state index is 5.69. The van der Waals surface area contributed by atoms with Crippen LogP contribution in [0.25, 0.3) is 0 Å². The van der Waals surface area contributed by atoms with Gasteiger partial charge in [0, 0.05) is 23.0 Å². The van der Waals surface area contributed by atoms with E-state index in [0.29, 0.717) is 0 Å². The third-order valence-corrected chi connectivity index (χ3v) is 1.40. The number of alkyl halides is 1. The van der Waals surface area contributed by atoms with E-state index in [1.807, 2.05) is 20.3 Å². The molecule has 1 unspecified atom stereocenters. The van der Waals surface area contributed by atoms with Crippen molar-refractivity contribution in [1.29, 1.82) is 0 Å². The molecule has 0 aromatic carbocycles. The Hall–Kier alpha value is 0.137. The van der Waals surface area contributed by atoms with Crippen LogP contribution in [0.5, 0.6) is 0 Å². The van der Waals surface area contributed by atoms with Gasteiger partial charge in [0.05, 0.1) is 11.5 Å². The van der Waals surface area contributed by atoms with Crippen molar-refractivity contribution >= 4 is 28.1 Å². The molecule has 0 aromatic rings. The average molecular weight is 179 g/mol. The van der Waals surface area contributed by atoms with Crippen LogP contribution in [0.15, 0.2) is 4.99 Å². The lowest BCUT2D eigenvalue weighted by molar-refractivity contribution is 0.421. The molecule has 0 rings (SSSR count). The summed E-state index contributed by atoms with van der Waals surface area (Å²) in [4.78, 5) is 6.25. The van der Waals surface area contributed by atoms with Crippen LogP contribution in [0.4, 0.5) is 0 Å². The van der Waals surface area contributed by atoms with Crippen LogP contribution in [0.1, 0.15) is 0 Å². The molecule has 1 atom stereocenters. The van der Waals surface area contributed by atoms with E-state index < -0.39 is 0 Å². The molecular weight excluding hydrogens is 164 g/mol. The van der Waals surface area contributed by atoms with Crippen LogP contribution in [0.3, 0.4) is 0 Å². The monoisotopic (exact) mass is 178 g/mol. The van der Waals surface area contributed by atoms with Gasteiger partial charge in [0.25, 0.3) is 0 Å². The van der Waals surface area contributed by atoms with Crippen molar-refractivity contribution in [3.05, 3.63) is 0 Å². The van der Waals surface area contributed by atoms with Gasteiger partial charge in [0.1, 0.15) is 0 Å². The fourth-order valence-corrected chi connectivity index (χ4v) is 0.768. The van der Waals surface area contributed by atoms with Gasteiger partial charge in [0.2, 0.25) is 0 Å². The number of hydrogen-bond acceptors (Lipinski definition) is 2. The third kappa shape index (κ3) is 8.14. The van der Waals surface area contributed by atoms with Crippen LogP contribution in [0, 0.1) is 0 Å². The molecule has 0 aliphatic heterocycles. The predicted octanol–water partition coefficient (Wildman–Crippen LogP) is -0.451. The number of aliphatic imine (C=N–C) groups is 1. The van der Waals surface area contributed by atoms with Gasteiger partial charge in [-0.15, -0.1) is 11.6 Å². The van der Waals surface area contributed by atoms with E-state index in [0.717, 1.165) is 23.3 Å². The number of nitrogens with zero attached hydrogens (tertiary/aromatic N) is 2. The molecule has 0 saturated heterocycles. The Bertz CT molecular complexity index is 104. The summed E-state index contributed by atoms with van der Waals surface area (Å²) in [5, 5.41) is 0.196. The molecule has 0 spiro atoms. The van der Waals surface area contributed by atoms with Crippen LogP contribution in [-0.4, -0.2) is 53.5 Å². The Morgan fingerprint density at radius 1 is 1.70 bits per heavy atom. The van der Waals surface area contributed by atoms with Gasteiger partial charge in [-0.1, -0.05) is 0 Å². The standard InChI is InChI=1S/C6H15ClN2Si/c1-9(2)4-3-8-5-6(7)10/h5-6H,3-4H2,1-2,10H3. The predicted molar refractivity (Wildman–Crippen MR) is 51.5 cm³/mol. The first-order valence-corrected chi connectivity index (χ1v) is 5.01. The zero-order chi connectivity index (χ0) is 7.98. The van der Waals surface area contributed by atoms with Crippen LogP contribution in [-0.2, 0) is 0 Å². The number of hydrogen-bond donors (Lipinski definition) is 0. The van der Waals surface area contributed by atoms with Gasteiger partial charge < -0.3 is 4.90 Å². The molecule has 0 radical (unpaired) electrons. The molecule has 0 aromatic heterocycles. The molecule has 0 heterocycles. The summed E-state index contributed by atoms with van der Waals surface area (Å²) in [6.45, 7) is 1.86. The summed E-state index contributed by atoms with van der Waals surface area (Å²) in [7, 11) is 5.06. The molecular formula is C6H15ClN2Si. The molecule has 0 aliphatic carbocycles. The molecule has 0 aliphatic rings. The lowest BCUT2D eigenvalue weighted by atomic mass is 10.6. The first-order chi connectivity index (χ1) is 4.63. The number of rotatable bonds is 4. The summed E-state index contributed by atoms with van der Waals surface area (Å²) in [5.74, 6) is 0. The highest BCUT2D eigenvalue weighted by Gasteiger charge is 1.88. The molecule has 60 valence electrons. The van der Waals surface area contributed by atoms with Gasteiger partial charge in [-0.2, -0.15) is 0 Å². The second-order valence-electron chi connectivity index (χ2n) is 2.54. The van der Waals surface area contributed by atoms with Crippen molar-refractivity contribution in [3.63, 3.8) is 0 Å². The van der Waals surface area contributed by atoms with Crippen LogP contribution < -0.4 is 0 Å². The smallest absolute Gasteiger partial charge is 0.0513 e. The Morgan fingerprint density at radius 3 is 2.70 bits per heavy atom. The van der Waals surface area contributed by atoms with Gasteiger partial charge in [0.15, 0.2) is 0 Å². The molecule has 0 amide bonds. The fraction of sp³-hybridized carbons (Fsp3) is 0.833. The largest absolute Gasteiger partial charge is 0.308 e. The maximum Gasteiger partial charge on any atom is 0.0513 e. The van der Waals surface area contributed by atoms with E-state index >= 15 is 0 Å². The highest BCUT2D eigenvalue weighted by atomic mass is 35.5. The fourth-order valence-electron chi connectivity index (χ4n) is 0.478. The van der Waals surface area contributed by atoms with Gasteiger partial charge in [-0.3, -0.25) is 4.99 Å². The van der Waals surface area contributed by atoms with Gasteiger partial charge in [-0.25, -0.2) is 0 Å². The summed E-state index contributed by atoms with van der Waals surface area (Å²) in [6, 6.07) is 0. The Labute approximate surface area is 70.7 Å². The molecule has 2 nitrogen and oxygen atoms in total. The Balaban J connectivity index is 3.19. The molecule has 10 heavy (non-hydrogen) atoms. The summed E-state index contributed by atoms with van der Waals surface area (Å²) in [6.07, 6.45) is 1.83. The quantitative estimate of drug-likeness (QED) is 0.324. The number of likely N-dealkylation sites (N-methyl/N-ethyl adjacent to an activating group) is 1. The van der Waals surface area contributed by atoms with E-state index in [1.165, 1.54) is 0 Å². The first kappa shape index (κ1) is 10.1. The average Bonchev–Trinajstić information content (AvgIpc) is 1.79. The van der Waals surface area contributed by atoms with Crippen LogP contribution >= 0.6 is 11.6 Å². The first-order valence-electron chi connectivity index (χ1n) is 3.41. The second-order valence-corrected chi connectivity index (χ2v) is 5.20. The van der Waals surface area contributed by atoms with Crippen molar-refractivity contribution in [2.45, 2.75) is 5.00 Å². The van der Waals surface area contributed by atoms with Crippen molar-refractivity contribution in [2.24, 2.45) is 4.99 Å². The lowest BCUT2D eigenvalue weighted by Crippen LogP contribution is -2.15. The maximum absolute atomic E-state index is 5.69. The summed E-state index contributed by atoms with van der Waals surface area (Å²) in [5.41, 5.74) is 0. The topological polar surface area (TPSA) is 15.6 Å². The SMILES string of the molecule is CN(C)CCN=CC([SiH3])Cl. The highest BCUT2D eigenvalue weighted by Crippen LogP contribution is 1.83. The van der Waals surface area contributed by atoms with Gasteiger partial charge >= 0.3 is 0 Å². The minimum atomic E-state index is 0.196. The van der Waals surface area contributed by atoms with E-state index in [-0.39, 0.29) is 5.00 Å². The third-order valence-electron chi connectivity index (χ3n) is 0.987. The summed E-state index contributed by atoms with van der Waals surface area (Å²) >= 11 is 5.69.